The minimum atomic E-state index is -0.203. The third kappa shape index (κ3) is 5.00. The van der Waals surface area contributed by atoms with Crippen molar-refractivity contribution in [2.45, 2.75) is 55.7 Å². The second kappa shape index (κ2) is 9.29. The SMILES string of the molecule is CC(CCc1ccc(F)cc1)Sc1ncccc1C(=O)NCC1C2CCC1CC2. The van der Waals surface area contributed by atoms with Gasteiger partial charge in [-0.15, -0.1) is 11.8 Å². The van der Waals surface area contributed by atoms with Crippen LogP contribution in [0.4, 0.5) is 4.39 Å². The van der Waals surface area contributed by atoms with Gasteiger partial charge in [0.1, 0.15) is 10.8 Å². The van der Waals surface area contributed by atoms with Crippen LogP contribution in [-0.2, 0) is 6.42 Å². The number of pyridine rings is 1. The van der Waals surface area contributed by atoms with Gasteiger partial charge in [-0.25, -0.2) is 9.37 Å². The molecular weight excluding hydrogens is 383 g/mol. The maximum absolute atomic E-state index is 13.1. The molecule has 1 aromatic heterocycles. The molecule has 2 saturated carbocycles. The number of rotatable bonds is 8. The van der Waals surface area contributed by atoms with Crippen LogP contribution in [0.25, 0.3) is 0 Å². The van der Waals surface area contributed by atoms with Crippen LogP contribution in [0, 0.1) is 23.6 Å². The van der Waals surface area contributed by atoms with Crippen molar-refractivity contribution >= 4 is 17.7 Å². The van der Waals surface area contributed by atoms with E-state index < -0.39 is 0 Å². The van der Waals surface area contributed by atoms with Crippen LogP contribution < -0.4 is 5.32 Å². The summed E-state index contributed by atoms with van der Waals surface area (Å²) in [6, 6.07) is 10.4. The molecular formula is C24H29FN2OS. The number of carbonyl (C=O) groups is 1. The van der Waals surface area contributed by atoms with E-state index in [1.807, 2.05) is 24.3 Å². The maximum Gasteiger partial charge on any atom is 0.254 e. The molecule has 1 aromatic carbocycles. The Morgan fingerprint density at radius 2 is 1.86 bits per heavy atom. The van der Waals surface area contributed by atoms with E-state index in [1.165, 1.54) is 37.8 Å². The second-order valence-corrected chi connectivity index (χ2v) is 9.93. The van der Waals surface area contributed by atoms with Gasteiger partial charge in [-0.3, -0.25) is 4.79 Å². The molecule has 0 saturated heterocycles. The summed E-state index contributed by atoms with van der Waals surface area (Å²) in [5.74, 6) is 2.09. The summed E-state index contributed by atoms with van der Waals surface area (Å²) < 4.78 is 13.1. The van der Waals surface area contributed by atoms with Crippen molar-refractivity contribution in [2.75, 3.05) is 6.54 Å². The Morgan fingerprint density at radius 1 is 1.17 bits per heavy atom. The summed E-state index contributed by atoms with van der Waals surface area (Å²) in [5.41, 5.74) is 1.81. The van der Waals surface area contributed by atoms with E-state index in [0.29, 0.717) is 16.7 Å². The summed E-state index contributed by atoms with van der Waals surface area (Å²) in [5, 5.41) is 4.30. The first-order valence-electron chi connectivity index (χ1n) is 10.7. The molecule has 0 radical (unpaired) electrons. The monoisotopic (exact) mass is 412 g/mol. The number of carbonyl (C=O) groups excluding carboxylic acids is 1. The molecule has 2 aliphatic rings. The zero-order valence-electron chi connectivity index (χ0n) is 16.9. The smallest absolute Gasteiger partial charge is 0.254 e. The van der Waals surface area contributed by atoms with Crippen LogP contribution in [0.5, 0.6) is 0 Å². The largest absolute Gasteiger partial charge is 0.352 e. The first-order valence-corrected chi connectivity index (χ1v) is 11.6. The van der Waals surface area contributed by atoms with Crippen LogP contribution in [-0.4, -0.2) is 22.7 Å². The van der Waals surface area contributed by atoms with Gasteiger partial charge in [0.25, 0.3) is 5.91 Å². The van der Waals surface area contributed by atoms with E-state index in [1.54, 1.807) is 18.0 Å². The van der Waals surface area contributed by atoms with Crippen molar-refractivity contribution in [1.82, 2.24) is 10.3 Å². The molecule has 1 unspecified atom stereocenters. The van der Waals surface area contributed by atoms with Crippen molar-refractivity contribution < 1.29 is 9.18 Å². The minimum Gasteiger partial charge on any atom is -0.352 e. The fourth-order valence-electron chi connectivity index (χ4n) is 4.95. The second-order valence-electron chi connectivity index (χ2n) is 8.50. The highest BCUT2D eigenvalue weighted by molar-refractivity contribution is 7.99. The van der Waals surface area contributed by atoms with Crippen LogP contribution in [0.1, 0.15) is 54.9 Å². The van der Waals surface area contributed by atoms with Crippen LogP contribution >= 0.6 is 11.8 Å². The van der Waals surface area contributed by atoms with Gasteiger partial charge in [0.2, 0.25) is 0 Å². The van der Waals surface area contributed by atoms with Crippen molar-refractivity contribution in [3.63, 3.8) is 0 Å². The lowest BCUT2D eigenvalue weighted by atomic mass is 9.98. The highest BCUT2D eigenvalue weighted by Gasteiger charge is 2.41. The Bertz CT molecular complexity index is 821. The summed E-state index contributed by atoms with van der Waals surface area (Å²) in [6.45, 7) is 2.95. The number of aryl methyl sites for hydroxylation is 1. The summed E-state index contributed by atoms with van der Waals surface area (Å²) in [7, 11) is 0. The average Bonchev–Trinajstić information content (AvgIpc) is 3.31. The zero-order valence-corrected chi connectivity index (χ0v) is 17.8. The average molecular weight is 413 g/mol. The number of nitrogens with one attached hydrogen (secondary N) is 1. The number of benzene rings is 1. The topological polar surface area (TPSA) is 42.0 Å². The van der Waals surface area contributed by atoms with E-state index in [4.69, 9.17) is 0 Å². The van der Waals surface area contributed by atoms with E-state index in [2.05, 4.69) is 17.2 Å². The zero-order chi connectivity index (χ0) is 20.2. The molecule has 2 aromatic rings. The summed E-state index contributed by atoms with van der Waals surface area (Å²) in [4.78, 5) is 17.3. The van der Waals surface area contributed by atoms with E-state index in [-0.39, 0.29) is 11.7 Å². The molecule has 29 heavy (non-hydrogen) atoms. The molecule has 2 aliphatic carbocycles. The normalized spacial score (nSPS) is 23.9. The van der Waals surface area contributed by atoms with Gasteiger partial charge in [-0.2, -0.15) is 0 Å². The van der Waals surface area contributed by atoms with Gasteiger partial charge in [0.05, 0.1) is 5.56 Å². The van der Waals surface area contributed by atoms with E-state index in [0.717, 1.165) is 41.8 Å². The quantitative estimate of drug-likeness (QED) is 0.582. The van der Waals surface area contributed by atoms with Gasteiger partial charge >= 0.3 is 0 Å². The third-order valence-corrected chi connectivity index (χ3v) is 7.79. The molecule has 5 heteroatoms. The van der Waals surface area contributed by atoms with Gasteiger partial charge in [-0.1, -0.05) is 19.1 Å². The number of fused-ring (bicyclic) bond motifs is 2. The first-order chi connectivity index (χ1) is 14.1. The molecule has 2 fully saturated rings. The minimum absolute atomic E-state index is 0.00219. The Kier molecular flexibility index (Phi) is 6.53. The number of hydrogen-bond donors (Lipinski definition) is 1. The number of thioether (sulfide) groups is 1. The van der Waals surface area contributed by atoms with E-state index in [9.17, 15) is 9.18 Å². The van der Waals surface area contributed by atoms with Gasteiger partial charge in [0.15, 0.2) is 0 Å². The number of aromatic nitrogens is 1. The highest BCUT2D eigenvalue weighted by atomic mass is 32.2. The first kappa shape index (κ1) is 20.4. The third-order valence-electron chi connectivity index (χ3n) is 6.61. The standard InChI is InChI=1S/C24H29FN2OS/c1-16(4-5-17-6-12-20(25)13-7-17)29-24-21(3-2-14-26-24)23(28)27-15-22-18-8-9-19(22)11-10-18/h2-3,6-7,12-14,16,18-19,22H,4-5,8-11,15H2,1H3,(H,27,28). The number of amides is 1. The molecule has 1 N–H and O–H groups in total. The predicted molar refractivity (Wildman–Crippen MR) is 116 cm³/mol. The Hall–Kier alpha value is -1.88. The molecule has 1 heterocycles. The highest BCUT2D eigenvalue weighted by Crippen LogP contribution is 2.48. The molecule has 0 aliphatic heterocycles. The van der Waals surface area contributed by atoms with Crippen molar-refractivity contribution in [2.24, 2.45) is 17.8 Å². The van der Waals surface area contributed by atoms with Crippen molar-refractivity contribution in [1.29, 1.82) is 0 Å². The van der Waals surface area contributed by atoms with Gasteiger partial charge < -0.3 is 5.32 Å². The molecule has 0 spiro atoms. The molecule has 154 valence electrons. The van der Waals surface area contributed by atoms with Crippen LogP contribution in [0.3, 0.4) is 0 Å². The summed E-state index contributed by atoms with van der Waals surface area (Å²) in [6.07, 6.45) is 8.93. The fourth-order valence-corrected chi connectivity index (χ4v) is 5.98. The lowest BCUT2D eigenvalue weighted by Gasteiger charge is -2.17. The van der Waals surface area contributed by atoms with Crippen molar-refractivity contribution in [3.05, 3.63) is 59.5 Å². The van der Waals surface area contributed by atoms with Gasteiger partial charge in [-0.05, 0) is 86.1 Å². The Balaban J connectivity index is 1.32. The van der Waals surface area contributed by atoms with Gasteiger partial charge in [0, 0.05) is 18.0 Å². The number of halogens is 1. The summed E-state index contributed by atoms with van der Waals surface area (Å²) >= 11 is 1.65. The number of nitrogens with zero attached hydrogens (tertiary/aromatic N) is 1. The lowest BCUT2D eigenvalue weighted by Crippen LogP contribution is -2.31. The molecule has 4 rings (SSSR count). The maximum atomic E-state index is 13.1. The Labute approximate surface area is 176 Å². The molecule has 1 atom stereocenters. The van der Waals surface area contributed by atoms with Crippen molar-refractivity contribution in [3.8, 4) is 0 Å². The van der Waals surface area contributed by atoms with E-state index >= 15 is 0 Å². The molecule has 3 nitrogen and oxygen atoms in total. The lowest BCUT2D eigenvalue weighted by molar-refractivity contribution is 0.0939. The molecule has 1 amide bonds. The predicted octanol–water partition coefficient (Wildman–Crippen LogP) is 5.50. The Morgan fingerprint density at radius 3 is 2.55 bits per heavy atom. The fraction of sp³-hybridized carbons (Fsp3) is 0.500. The number of hydrogen-bond acceptors (Lipinski definition) is 3. The van der Waals surface area contributed by atoms with Crippen LogP contribution in [0.2, 0.25) is 0 Å². The van der Waals surface area contributed by atoms with Crippen LogP contribution in [0.15, 0.2) is 47.6 Å². The molecule has 2 bridgehead atoms.